The summed E-state index contributed by atoms with van der Waals surface area (Å²) < 4.78 is 1.81. The van der Waals surface area contributed by atoms with Crippen LogP contribution in [0.5, 0.6) is 0 Å². The average Bonchev–Trinajstić information content (AvgIpc) is 2.64. The van der Waals surface area contributed by atoms with Crippen LogP contribution in [-0.2, 0) is 12.5 Å². The highest BCUT2D eigenvalue weighted by Gasteiger charge is 2.19. The highest BCUT2D eigenvalue weighted by Crippen LogP contribution is 2.31. The van der Waals surface area contributed by atoms with Crippen molar-refractivity contribution in [2.24, 2.45) is 7.05 Å². The average molecular weight is 215 g/mol. The summed E-state index contributed by atoms with van der Waals surface area (Å²) in [7, 11) is 1.93. The standard InChI is InChI=1S/C13H17N3/c1-13(2,3)12-5-6-14-8-11(12)10-7-15-16(4)9-10/h5-9H,1-4H3. The number of rotatable bonds is 1. The summed E-state index contributed by atoms with van der Waals surface area (Å²) >= 11 is 0. The fourth-order valence-corrected chi connectivity index (χ4v) is 1.84. The Bertz CT molecular complexity index is 492. The summed E-state index contributed by atoms with van der Waals surface area (Å²) in [5, 5.41) is 4.21. The van der Waals surface area contributed by atoms with E-state index in [1.807, 2.05) is 36.5 Å². The van der Waals surface area contributed by atoms with Crippen molar-refractivity contribution in [3.63, 3.8) is 0 Å². The molecule has 2 rings (SSSR count). The van der Waals surface area contributed by atoms with Crippen molar-refractivity contribution < 1.29 is 0 Å². The molecule has 3 heteroatoms. The Morgan fingerprint density at radius 1 is 1.19 bits per heavy atom. The largest absolute Gasteiger partial charge is 0.275 e. The molecular weight excluding hydrogens is 198 g/mol. The van der Waals surface area contributed by atoms with E-state index in [1.54, 1.807) is 0 Å². The Hall–Kier alpha value is -1.64. The van der Waals surface area contributed by atoms with Gasteiger partial charge in [0.15, 0.2) is 0 Å². The maximum Gasteiger partial charge on any atom is 0.0568 e. The Kier molecular flexibility index (Phi) is 2.54. The molecule has 0 aliphatic carbocycles. The van der Waals surface area contributed by atoms with Crippen molar-refractivity contribution in [3.05, 3.63) is 36.4 Å². The van der Waals surface area contributed by atoms with Gasteiger partial charge in [-0.2, -0.15) is 5.10 Å². The minimum Gasteiger partial charge on any atom is -0.275 e. The highest BCUT2D eigenvalue weighted by molar-refractivity contribution is 5.66. The molecule has 0 N–H and O–H groups in total. The van der Waals surface area contributed by atoms with Gasteiger partial charge in [-0.3, -0.25) is 9.67 Å². The fourth-order valence-electron chi connectivity index (χ4n) is 1.84. The zero-order chi connectivity index (χ0) is 11.8. The number of aromatic nitrogens is 3. The second-order valence-electron chi connectivity index (χ2n) is 5.07. The van der Waals surface area contributed by atoms with Gasteiger partial charge >= 0.3 is 0 Å². The van der Waals surface area contributed by atoms with Crippen molar-refractivity contribution in [1.82, 2.24) is 14.8 Å². The lowest BCUT2D eigenvalue weighted by Crippen LogP contribution is -2.12. The van der Waals surface area contributed by atoms with E-state index in [9.17, 15) is 0 Å². The molecule has 2 aromatic heterocycles. The van der Waals surface area contributed by atoms with Gasteiger partial charge < -0.3 is 0 Å². The summed E-state index contributed by atoms with van der Waals surface area (Å²) in [5.41, 5.74) is 3.72. The molecule has 0 saturated carbocycles. The van der Waals surface area contributed by atoms with Crippen LogP contribution in [0.1, 0.15) is 26.3 Å². The summed E-state index contributed by atoms with van der Waals surface area (Å²) in [6, 6.07) is 2.09. The molecule has 0 amide bonds. The number of pyridine rings is 1. The van der Waals surface area contributed by atoms with Crippen molar-refractivity contribution in [2.45, 2.75) is 26.2 Å². The topological polar surface area (TPSA) is 30.7 Å². The van der Waals surface area contributed by atoms with Crippen molar-refractivity contribution in [3.8, 4) is 11.1 Å². The first-order chi connectivity index (χ1) is 7.48. The van der Waals surface area contributed by atoms with Crippen LogP contribution in [0, 0.1) is 0 Å². The van der Waals surface area contributed by atoms with E-state index in [0.29, 0.717) is 0 Å². The summed E-state index contributed by atoms with van der Waals surface area (Å²) in [4.78, 5) is 4.21. The third kappa shape index (κ3) is 1.98. The molecule has 0 aliphatic heterocycles. The normalized spacial score (nSPS) is 11.8. The van der Waals surface area contributed by atoms with Crippen LogP contribution in [0.15, 0.2) is 30.9 Å². The SMILES string of the molecule is Cn1cc(-c2cnccc2C(C)(C)C)cn1. The lowest BCUT2D eigenvalue weighted by atomic mass is 9.83. The Labute approximate surface area is 96.1 Å². The maximum absolute atomic E-state index is 4.21. The van der Waals surface area contributed by atoms with Gasteiger partial charge in [-0.1, -0.05) is 20.8 Å². The predicted molar refractivity (Wildman–Crippen MR) is 65.1 cm³/mol. The molecular formula is C13H17N3. The van der Waals surface area contributed by atoms with Gasteiger partial charge in [0.25, 0.3) is 0 Å². The Balaban J connectivity index is 2.57. The van der Waals surface area contributed by atoms with E-state index < -0.39 is 0 Å². The second kappa shape index (κ2) is 3.74. The van der Waals surface area contributed by atoms with Gasteiger partial charge in [0.05, 0.1) is 6.20 Å². The first kappa shape index (κ1) is 10.9. The fraction of sp³-hybridized carbons (Fsp3) is 0.385. The third-order valence-corrected chi connectivity index (χ3v) is 2.64. The van der Waals surface area contributed by atoms with Crippen LogP contribution < -0.4 is 0 Å². The zero-order valence-electron chi connectivity index (χ0n) is 10.2. The first-order valence-corrected chi connectivity index (χ1v) is 5.42. The number of aryl methyl sites for hydroxylation is 1. The van der Waals surface area contributed by atoms with Crippen LogP contribution in [0.3, 0.4) is 0 Å². The molecule has 0 bridgehead atoms. The van der Waals surface area contributed by atoms with E-state index in [4.69, 9.17) is 0 Å². The van der Waals surface area contributed by atoms with E-state index in [-0.39, 0.29) is 5.41 Å². The van der Waals surface area contributed by atoms with Crippen LogP contribution in [-0.4, -0.2) is 14.8 Å². The molecule has 0 radical (unpaired) electrons. The van der Waals surface area contributed by atoms with Crippen molar-refractivity contribution in [1.29, 1.82) is 0 Å². The van der Waals surface area contributed by atoms with Crippen LogP contribution in [0.4, 0.5) is 0 Å². The summed E-state index contributed by atoms with van der Waals surface area (Å²) in [6.07, 6.45) is 7.66. The number of hydrogen-bond donors (Lipinski definition) is 0. The summed E-state index contributed by atoms with van der Waals surface area (Å²) in [5.74, 6) is 0. The second-order valence-corrected chi connectivity index (χ2v) is 5.07. The summed E-state index contributed by atoms with van der Waals surface area (Å²) in [6.45, 7) is 6.63. The van der Waals surface area contributed by atoms with Gasteiger partial charge in [0.1, 0.15) is 0 Å². The van der Waals surface area contributed by atoms with Crippen LogP contribution >= 0.6 is 0 Å². The van der Waals surface area contributed by atoms with Crippen molar-refractivity contribution >= 4 is 0 Å². The molecule has 0 atom stereocenters. The molecule has 16 heavy (non-hydrogen) atoms. The lowest BCUT2D eigenvalue weighted by Gasteiger charge is -2.21. The number of nitrogens with zero attached hydrogens (tertiary/aromatic N) is 3. The molecule has 2 aromatic rings. The molecule has 3 nitrogen and oxygen atoms in total. The zero-order valence-corrected chi connectivity index (χ0v) is 10.2. The molecule has 0 aromatic carbocycles. The van der Waals surface area contributed by atoms with Gasteiger partial charge in [0.2, 0.25) is 0 Å². The van der Waals surface area contributed by atoms with Gasteiger partial charge in [-0.25, -0.2) is 0 Å². The molecule has 84 valence electrons. The van der Waals surface area contributed by atoms with Gasteiger partial charge in [-0.15, -0.1) is 0 Å². The minimum atomic E-state index is 0.119. The molecule has 2 heterocycles. The van der Waals surface area contributed by atoms with E-state index >= 15 is 0 Å². The number of hydrogen-bond acceptors (Lipinski definition) is 2. The van der Waals surface area contributed by atoms with E-state index in [2.05, 4.69) is 36.9 Å². The Morgan fingerprint density at radius 3 is 2.50 bits per heavy atom. The van der Waals surface area contributed by atoms with E-state index in [1.165, 1.54) is 11.1 Å². The monoisotopic (exact) mass is 215 g/mol. The first-order valence-electron chi connectivity index (χ1n) is 5.42. The lowest BCUT2D eigenvalue weighted by molar-refractivity contribution is 0.591. The van der Waals surface area contributed by atoms with E-state index in [0.717, 1.165) is 5.56 Å². The smallest absolute Gasteiger partial charge is 0.0568 e. The molecule has 0 aliphatic rings. The highest BCUT2D eigenvalue weighted by atomic mass is 15.2. The maximum atomic E-state index is 4.21. The minimum absolute atomic E-state index is 0.119. The van der Waals surface area contributed by atoms with Crippen LogP contribution in [0.25, 0.3) is 11.1 Å². The van der Waals surface area contributed by atoms with Gasteiger partial charge in [0, 0.05) is 36.8 Å². The van der Waals surface area contributed by atoms with Crippen LogP contribution in [0.2, 0.25) is 0 Å². The molecule has 0 saturated heterocycles. The molecule has 0 spiro atoms. The predicted octanol–water partition coefficient (Wildman–Crippen LogP) is 2.78. The van der Waals surface area contributed by atoms with Gasteiger partial charge in [-0.05, 0) is 17.0 Å². The third-order valence-electron chi connectivity index (χ3n) is 2.64. The molecule has 0 fully saturated rings. The Morgan fingerprint density at radius 2 is 1.94 bits per heavy atom. The molecule has 0 unspecified atom stereocenters. The quantitative estimate of drug-likeness (QED) is 0.732. The van der Waals surface area contributed by atoms with Crippen molar-refractivity contribution in [2.75, 3.05) is 0 Å².